The Bertz CT molecular complexity index is 326. The Morgan fingerprint density at radius 1 is 1.38 bits per heavy atom. The van der Waals surface area contributed by atoms with Crippen LogP contribution in [0.15, 0.2) is 18.5 Å². The summed E-state index contributed by atoms with van der Waals surface area (Å²) < 4.78 is 0. The first kappa shape index (κ1) is 13.2. The molecule has 90 valence electrons. The van der Waals surface area contributed by atoms with Gasteiger partial charge in [-0.3, -0.25) is 4.98 Å². The predicted octanol–water partition coefficient (Wildman–Crippen LogP) is 3.27. The van der Waals surface area contributed by atoms with Gasteiger partial charge in [-0.1, -0.05) is 6.92 Å². The monoisotopic (exact) mass is 220 g/mol. The molecule has 0 radical (unpaired) electrons. The van der Waals surface area contributed by atoms with Crippen LogP contribution in [0.1, 0.15) is 51.2 Å². The molecule has 1 heterocycles. The van der Waals surface area contributed by atoms with Crippen molar-refractivity contribution in [2.24, 2.45) is 0 Å². The van der Waals surface area contributed by atoms with Gasteiger partial charge in [-0.25, -0.2) is 0 Å². The highest BCUT2D eigenvalue weighted by atomic mass is 14.9. The molecule has 0 aliphatic carbocycles. The minimum Gasteiger partial charge on any atom is -0.312 e. The number of hydrogen-bond acceptors (Lipinski definition) is 2. The lowest BCUT2D eigenvalue weighted by Gasteiger charge is -2.22. The zero-order valence-electron chi connectivity index (χ0n) is 11.2. The van der Waals surface area contributed by atoms with Crippen molar-refractivity contribution in [2.45, 2.75) is 52.5 Å². The van der Waals surface area contributed by atoms with Gasteiger partial charge in [0.15, 0.2) is 0 Å². The second-order valence-electron chi connectivity index (χ2n) is 5.60. The van der Waals surface area contributed by atoms with E-state index in [4.69, 9.17) is 0 Å². The van der Waals surface area contributed by atoms with Crippen molar-refractivity contribution in [3.63, 3.8) is 0 Å². The summed E-state index contributed by atoms with van der Waals surface area (Å²) in [5, 5.41) is 3.52. The second-order valence-corrected chi connectivity index (χ2v) is 5.60. The molecule has 2 heteroatoms. The Kier molecular flexibility index (Phi) is 4.48. The molecule has 1 aromatic rings. The minimum absolute atomic E-state index is 0.212. The van der Waals surface area contributed by atoms with Crippen LogP contribution in [0.3, 0.4) is 0 Å². The first-order valence-corrected chi connectivity index (χ1v) is 6.05. The zero-order chi connectivity index (χ0) is 12.2. The minimum atomic E-state index is 0.212. The van der Waals surface area contributed by atoms with E-state index in [2.05, 4.69) is 51.0 Å². The van der Waals surface area contributed by atoms with Gasteiger partial charge in [-0.15, -0.1) is 0 Å². The number of pyridine rings is 1. The lowest BCUT2D eigenvalue weighted by molar-refractivity contribution is 0.413. The van der Waals surface area contributed by atoms with Gasteiger partial charge in [0.05, 0.1) is 0 Å². The molecule has 0 aliphatic rings. The quantitative estimate of drug-likeness (QED) is 0.842. The molecule has 0 fully saturated rings. The predicted molar refractivity (Wildman–Crippen MR) is 69.8 cm³/mol. The van der Waals surface area contributed by atoms with Crippen molar-refractivity contribution in [3.8, 4) is 0 Å². The molecule has 1 unspecified atom stereocenters. The van der Waals surface area contributed by atoms with E-state index in [1.54, 1.807) is 0 Å². The van der Waals surface area contributed by atoms with Crippen LogP contribution in [-0.2, 0) is 0 Å². The number of nitrogens with one attached hydrogen (secondary N) is 1. The Labute approximate surface area is 99.5 Å². The largest absolute Gasteiger partial charge is 0.312 e. The molecule has 0 bridgehead atoms. The SMILES string of the molecule is Cc1ccncc1C(C)CCNC(C)(C)C. The van der Waals surface area contributed by atoms with Gasteiger partial charge in [0.1, 0.15) is 0 Å². The Balaban J connectivity index is 2.47. The summed E-state index contributed by atoms with van der Waals surface area (Å²) >= 11 is 0. The maximum Gasteiger partial charge on any atom is 0.0305 e. The highest BCUT2D eigenvalue weighted by molar-refractivity contribution is 5.24. The normalized spacial score (nSPS) is 13.8. The van der Waals surface area contributed by atoms with Crippen molar-refractivity contribution in [1.82, 2.24) is 10.3 Å². The van der Waals surface area contributed by atoms with Gasteiger partial charge >= 0.3 is 0 Å². The Hall–Kier alpha value is -0.890. The molecule has 0 aromatic carbocycles. The smallest absolute Gasteiger partial charge is 0.0305 e. The van der Waals surface area contributed by atoms with E-state index in [1.807, 2.05) is 12.4 Å². The fourth-order valence-corrected chi connectivity index (χ4v) is 1.81. The highest BCUT2D eigenvalue weighted by Gasteiger charge is 2.11. The summed E-state index contributed by atoms with van der Waals surface area (Å²) in [7, 11) is 0. The maximum atomic E-state index is 4.20. The van der Waals surface area contributed by atoms with Crippen LogP contribution >= 0.6 is 0 Å². The van der Waals surface area contributed by atoms with Crippen LogP contribution in [0.25, 0.3) is 0 Å². The van der Waals surface area contributed by atoms with E-state index in [-0.39, 0.29) is 5.54 Å². The van der Waals surface area contributed by atoms with Crippen molar-refractivity contribution in [2.75, 3.05) is 6.54 Å². The van der Waals surface area contributed by atoms with E-state index < -0.39 is 0 Å². The van der Waals surface area contributed by atoms with Crippen LogP contribution in [-0.4, -0.2) is 17.1 Å². The molecule has 16 heavy (non-hydrogen) atoms. The van der Waals surface area contributed by atoms with Gasteiger partial charge < -0.3 is 5.32 Å². The van der Waals surface area contributed by atoms with Crippen molar-refractivity contribution < 1.29 is 0 Å². The average Bonchev–Trinajstić information content (AvgIpc) is 2.16. The third-order valence-corrected chi connectivity index (χ3v) is 2.84. The molecular formula is C14H24N2. The van der Waals surface area contributed by atoms with Gasteiger partial charge in [-0.05, 0) is 63.8 Å². The standard InChI is InChI=1S/C14H24N2/c1-11-6-8-15-10-13(11)12(2)7-9-16-14(3,4)5/h6,8,10,12,16H,7,9H2,1-5H3. The number of aryl methyl sites for hydroxylation is 1. The van der Waals surface area contributed by atoms with Crippen molar-refractivity contribution in [1.29, 1.82) is 0 Å². The lowest BCUT2D eigenvalue weighted by atomic mass is 9.95. The van der Waals surface area contributed by atoms with E-state index >= 15 is 0 Å². The van der Waals surface area contributed by atoms with Gasteiger partial charge in [0.2, 0.25) is 0 Å². The average molecular weight is 220 g/mol. The molecule has 0 amide bonds. The molecule has 1 atom stereocenters. The number of hydrogen-bond donors (Lipinski definition) is 1. The Morgan fingerprint density at radius 2 is 2.06 bits per heavy atom. The topological polar surface area (TPSA) is 24.9 Å². The zero-order valence-corrected chi connectivity index (χ0v) is 11.2. The molecule has 1 N–H and O–H groups in total. The van der Waals surface area contributed by atoms with Crippen LogP contribution in [0, 0.1) is 6.92 Å². The molecule has 2 nitrogen and oxygen atoms in total. The number of rotatable bonds is 4. The molecule has 1 aromatic heterocycles. The first-order chi connectivity index (χ1) is 7.40. The summed E-state index contributed by atoms with van der Waals surface area (Å²) in [4.78, 5) is 4.20. The summed E-state index contributed by atoms with van der Waals surface area (Å²) in [6.07, 6.45) is 5.01. The molecule has 0 spiro atoms. The van der Waals surface area contributed by atoms with E-state index in [0.717, 1.165) is 13.0 Å². The third kappa shape index (κ3) is 4.31. The molecular weight excluding hydrogens is 196 g/mol. The van der Waals surface area contributed by atoms with Crippen LogP contribution in [0.4, 0.5) is 0 Å². The summed E-state index contributed by atoms with van der Waals surface area (Å²) in [5.41, 5.74) is 2.93. The molecule has 0 saturated heterocycles. The van der Waals surface area contributed by atoms with Crippen molar-refractivity contribution >= 4 is 0 Å². The maximum absolute atomic E-state index is 4.20. The molecule has 1 rings (SSSR count). The van der Waals surface area contributed by atoms with E-state index in [1.165, 1.54) is 11.1 Å². The second kappa shape index (κ2) is 5.44. The lowest BCUT2D eigenvalue weighted by Crippen LogP contribution is -2.36. The summed E-state index contributed by atoms with van der Waals surface area (Å²) in [5.74, 6) is 0.573. The highest BCUT2D eigenvalue weighted by Crippen LogP contribution is 2.21. The number of aromatic nitrogens is 1. The van der Waals surface area contributed by atoms with Gasteiger partial charge in [-0.2, -0.15) is 0 Å². The van der Waals surface area contributed by atoms with Gasteiger partial charge in [0.25, 0.3) is 0 Å². The van der Waals surface area contributed by atoms with E-state index in [9.17, 15) is 0 Å². The van der Waals surface area contributed by atoms with Crippen molar-refractivity contribution in [3.05, 3.63) is 29.6 Å². The fraction of sp³-hybridized carbons (Fsp3) is 0.643. The Morgan fingerprint density at radius 3 is 2.62 bits per heavy atom. The van der Waals surface area contributed by atoms with Crippen LogP contribution in [0.5, 0.6) is 0 Å². The first-order valence-electron chi connectivity index (χ1n) is 6.05. The fourth-order valence-electron chi connectivity index (χ4n) is 1.81. The van der Waals surface area contributed by atoms with Gasteiger partial charge in [0, 0.05) is 17.9 Å². The summed E-state index contributed by atoms with van der Waals surface area (Å²) in [6.45, 7) is 12.1. The third-order valence-electron chi connectivity index (χ3n) is 2.84. The van der Waals surface area contributed by atoms with E-state index in [0.29, 0.717) is 5.92 Å². The van der Waals surface area contributed by atoms with Crippen LogP contribution in [0.2, 0.25) is 0 Å². The molecule has 0 aliphatic heterocycles. The molecule has 0 saturated carbocycles. The van der Waals surface area contributed by atoms with Crippen LogP contribution < -0.4 is 5.32 Å². The number of nitrogens with zero attached hydrogens (tertiary/aromatic N) is 1. The summed E-state index contributed by atoms with van der Waals surface area (Å²) in [6, 6.07) is 2.09.